The average molecular weight is 343 g/mol. The molecule has 0 aliphatic heterocycles. The van der Waals surface area contributed by atoms with E-state index in [1.807, 2.05) is 6.20 Å². The van der Waals surface area contributed by atoms with Crippen molar-refractivity contribution >= 4 is 27.7 Å². The molecule has 1 aromatic heterocycles. The second-order valence-electron chi connectivity index (χ2n) is 5.09. The van der Waals surface area contributed by atoms with Crippen LogP contribution in [-0.4, -0.2) is 22.6 Å². The van der Waals surface area contributed by atoms with Crippen LogP contribution in [0.4, 0.5) is 11.8 Å². The minimum absolute atomic E-state index is 0.491. The monoisotopic (exact) mass is 342 g/mol. The standard InChI is InChI=1S/C15H27BrN4/c1-4-7-9-12(8-5-2)19-14-13(16)11-18-15(20-14)17-10-6-3/h11-12H,4-10H2,1-3H3,(H2,17,18,19,20). The lowest BCUT2D eigenvalue weighted by atomic mass is 10.1. The van der Waals surface area contributed by atoms with Crippen LogP contribution in [0.1, 0.15) is 59.3 Å². The van der Waals surface area contributed by atoms with Crippen molar-refractivity contribution in [3.05, 3.63) is 10.7 Å². The van der Waals surface area contributed by atoms with Gasteiger partial charge >= 0.3 is 0 Å². The Kier molecular flexibility index (Phi) is 8.58. The molecule has 0 aromatic carbocycles. The van der Waals surface area contributed by atoms with E-state index in [2.05, 4.69) is 57.3 Å². The van der Waals surface area contributed by atoms with Crippen LogP contribution < -0.4 is 10.6 Å². The van der Waals surface area contributed by atoms with Gasteiger partial charge in [-0.05, 0) is 35.2 Å². The number of hydrogen-bond donors (Lipinski definition) is 2. The largest absolute Gasteiger partial charge is 0.366 e. The minimum Gasteiger partial charge on any atom is -0.366 e. The molecule has 0 saturated carbocycles. The molecular formula is C15H27BrN4. The summed E-state index contributed by atoms with van der Waals surface area (Å²) >= 11 is 3.53. The second kappa shape index (κ2) is 9.97. The van der Waals surface area contributed by atoms with Crippen molar-refractivity contribution in [2.45, 2.75) is 65.3 Å². The third kappa shape index (κ3) is 6.07. The maximum absolute atomic E-state index is 4.56. The van der Waals surface area contributed by atoms with E-state index < -0.39 is 0 Å². The zero-order valence-electron chi connectivity index (χ0n) is 12.9. The Bertz CT molecular complexity index is 384. The number of hydrogen-bond acceptors (Lipinski definition) is 4. The molecule has 0 aliphatic rings. The van der Waals surface area contributed by atoms with E-state index in [0.717, 1.165) is 23.3 Å². The van der Waals surface area contributed by atoms with Crippen LogP contribution in [0.25, 0.3) is 0 Å². The second-order valence-corrected chi connectivity index (χ2v) is 5.94. The van der Waals surface area contributed by atoms with Gasteiger partial charge in [-0.15, -0.1) is 0 Å². The number of anilines is 2. The molecule has 20 heavy (non-hydrogen) atoms. The van der Waals surface area contributed by atoms with Crippen molar-refractivity contribution in [2.75, 3.05) is 17.2 Å². The number of nitrogens with zero attached hydrogens (tertiary/aromatic N) is 2. The maximum Gasteiger partial charge on any atom is 0.224 e. The number of nitrogens with one attached hydrogen (secondary N) is 2. The molecular weight excluding hydrogens is 316 g/mol. The number of rotatable bonds is 10. The van der Waals surface area contributed by atoms with Gasteiger partial charge < -0.3 is 10.6 Å². The SMILES string of the molecule is CCCCC(CCC)Nc1nc(NCCC)ncc1Br. The molecule has 0 spiro atoms. The van der Waals surface area contributed by atoms with Crippen LogP contribution in [-0.2, 0) is 0 Å². The number of halogens is 1. The first-order valence-corrected chi connectivity index (χ1v) is 8.53. The summed E-state index contributed by atoms with van der Waals surface area (Å²) < 4.78 is 0.928. The van der Waals surface area contributed by atoms with E-state index in [0.29, 0.717) is 12.0 Å². The highest BCUT2D eigenvalue weighted by Gasteiger charge is 2.11. The summed E-state index contributed by atoms with van der Waals surface area (Å²) in [6.07, 6.45) is 8.92. The summed E-state index contributed by atoms with van der Waals surface area (Å²) in [7, 11) is 0. The van der Waals surface area contributed by atoms with Gasteiger partial charge in [0, 0.05) is 18.8 Å². The molecule has 5 heteroatoms. The smallest absolute Gasteiger partial charge is 0.224 e. The van der Waals surface area contributed by atoms with E-state index in [-0.39, 0.29) is 0 Å². The zero-order chi connectivity index (χ0) is 14.8. The normalized spacial score (nSPS) is 12.2. The average Bonchev–Trinajstić information content (AvgIpc) is 2.45. The fourth-order valence-electron chi connectivity index (χ4n) is 2.07. The molecule has 0 saturated heterocycles. The summed E-state index contributed by atoms with van der Waals surface area (Å²) in [4.78, 5) is 8.84. The third-order valence-corrected chi connectivity index (χ3v) is 3.74. The van der Waals surface area contributed by atoms with Crippen LogP contribution in [0.5, 0.6) is 0 Å². The topological polar surface area (TPSA) is 49.8 Å². The number of unbranched alkanes of at least 4 members (excludes halogenated alkanes) is 1. The van der Waals surface area contributed by atoms with Crippen molar-refractivity contribution in [1.29, 1.82) is 0 Å². The van der Waals surface area contributed by atoms with Crippen LogP contribution in [0.2, 0.25) is 0 Å². The Labute approximate surface area is 131 Å². The van der Waals surface area contributed by atoms with E-state index in [1.165, 1.54) is 32.1 Å². The Morgan fingerprint density at radius 2 is 1.95 bits per heavy atom. The summed E-state index contributed by atoms with van der Waals surface area (Å²) in [5, 5.41) is 6.79. The predicted molar refractivity (Wildman–Crippen MR) is 90.4 cm³/mol. The molecule has 0 bridgehead atoms. The van der Waals surface area contributed by atoms with Crippen LogP contribution in [0.15, 0.2) is 10.7 Å². The maximum atomic E-state index is 4.56. The summed E-state index contributed by atoms with van der Waals surface area (Å²) in [6, 6.07) is 0.491. The lowest BCUT2D eigenvalue weighted by molar-refractivity contribution is 0.562. The highest BCUT2D eigenvalue weighted by atomic mass is 79.9. The van der Waals surface area contributed by atoms with Gasteiger partial charge in [-0.2, -0.15) is 4.98 Å². The lowest BCUT2D eigenvalue weighted by Gasteiger charge is -2.19. The molecule has 0 aliphatic carbocycles. The lowest BCUT2D eigenvalue weighted by Crippen LogP contribution is -2.20. The predicted octanol–water partition coefficient (Wildman–Crippen LogP) is 4.83. The molecule has 114 valence electrons. The van der Waals surface area contributed by atoms with Crippen molar-refractivity contribution < 1.29 is 0 Å². The van der Waals surface area contributed by atoms with Gasteiger partial charge in [0.2, 0.25) is 5.95 Å². The van der Waals surface area contributed by atoms with Crippen LogP contribution in [0, 0.1) is 0 Å². The molecule has 1 unspecified atom stereocenters. The van der Waals surface area contributed by atoms with Crippen molar-refractivity contribution in [2.24, 2.45) is 0 Å². The molecule has 0 radical (unpaired) electrons. The third-order valence-electron chi connectivity index (χ3n) is 3.16. The van der Waals surface area contributed by atoms with E-state index >= 15 is 0 Å². The first kappa shape index (κ1) is 17.2. The first-order valence-electron chi connectivity index (χ1n) is 7.74. The molecule has 0 fully saturated rings. The van der Waals surface area contributed by atoms with Gasteiger partial charge in [0.1, 0.15) is 5.82 Å². The molecule has 1 heterocycles. The molecule has 1 rings (SSSR count). The highest BCUT2D eigenvalue weighted by molar-refractivity contribution is 9.10. The quantitative estimate of drug-likeness (QED) is 0.639. The molecule has 1 atom stereocenters. The summed E-state index contributed by atoms with van der Waals surface area (Å²) in [6.45, 7) is 7.49. The Morgan fingerprint density at radius 1 is 1.15 bits per heavy atom. The van der Waals surface area contributed by atoms with E-state index in [9.17, 15) is 0 Å². The highest BCUT2D eigenvalue weighted by Crippen LogP contribution is 2.23. The first-order chi connectivity index (χ1) is 9.71. The van der Waals surface area contributed by atoms with E-state index in [4.69, 9.17) is 0 Å². The van der Waals surface area contributed by atoms with Gasteiger partial charge in [0.25, 0.3) is 0 Å². The van der Waals surface area contributed by atoms with Crippen molar-refractivity contribution in [1.82, 2.24) is 9.97 Å². The van der Waals surface area contributed by atoms with Gasteiger partial charge in [-0.3, -0.25) is 0 Å². The molecule has 2 N–H and O–H groups in total. The van der Waals surface area contributed by atoms with E-state index in [1.54, 1.807) is 0 Å². The van der Waals surface area contributed by atoms with Crippen molar-refractivity contribution in [3.8, 4) is 0 Å². The molecule has 1 aromatic rings. The Hall–Kier alpha value is -0.840. The zero-order valence-corrected chi connectivity index (χ0v) is 14.5. The van der Waals surface area contributed by atoms with Crippen molar-refractivity contribution in [3.63, 3.8) is 0 Å². The molecule has 4 nitrogen and oxygen atoms in total. The van der Waals surface area contributed by atoms with Crippen LogP contribution in [0.3, 0.4) is 0 Å². The number of aromatic nitrogens is 2. The van der Waals surface area contributed by atoms with Gasteiger partial charge in [-0.1, -0.05) is 40.0 Å². The summed E-state index contributed by atoms with van der Waals surface area (Å²) in [5.74, 6) is 1.59. The van der Waals surface area contributed by atoms with Crippen LogP contribution >= 0.6 is 15.9 Å². The van der Waals surface area contributed by atoms with Gasteiger partial charge in [-0.25, -0.2) is 4.98 Å². The Morgan fingerprint density at radius 3 is 2.60 bits per heavy atom. The Balaban J connectivity index is 2.71. The summed E-state index contributed by atoms with van der Waals surface area (Å²) in [5.41, 5.74) is 0. The minimum atomic E-state index is 0.491. The van der Waals surface area contributed by atoms with Gasteiger partial charge in [0.05, 0.1) is 4.47 Å². The fraction of sp³-hybridized carbons (Fsp3) is 0.733. The molecule has 0 amide bonds. The van der Waals surface area contributed by atoms with Gasteiger partial charge in [0.15, 0.2) is 0 Å². The fourth-order valence-corrected chi connectivity index (χ4v) is 2.38.